The Morgan fingerprint density at radius 1 is 1.18 bits per heavy atom. The summed E-state index contributed by atoms with van der Waals surface area (Å²) in [5, 5.41) is 3.67. The van der Waals surface area contributed by atoms with Gasteiger partial charge in [0.25, 0.3) is 0 Å². The molecule has 17 heavy (non-hydrogen) atoms. The molecule has 102 valence electrons. The Morgan fingerprint density at radius 2 is 1.82 bits per heavy atom. The zero-order valence-corrected chi connectivity index (χ0v) is 12.8. The molecule has 1 aliphatic rings. The van der Waals surface area contributed by atoms with Crippen LogP contribution in [0.5, 0.6) is 0 Å². The van der Waals surface area contributed by atoms with E-state index in [2.05, 4.69) is 46.9 Å². The molecule has 0 bridgehead atoms. The summed E-state index contributed by atoms with van der Waals surface area (Å²) in [5.41, 5.74) is 0.471. The van der Waals surface area contributed by atoms with Gasteiger partial charge in [-0.15, -0.1) is 0 Å². The van der Waals surface area contributed by atoms with Crippen LogP contribution in [-0.2, 0) is 0 Å². The summed E-state index contributed by atoms with van der Waals surface area (Å²) in [6, 6.07) is 0. The highest BCUT2D eigenvalue weighted by Gasteiger charge is 2.35. The van der Waals surface area contributed by atoms with Gasteiger partial charge in [-0.25, -0.2) is 0 Å². The van der Waals surface area contributed by atoms with E-state index in [-0.39, 0.29) is 0 Å². The fourth-order valence-corrected chi connectivity index (χ4v) is 3.31. The first-order valence-electron chi connectivity index (χ1n) is 7.51. The number of hydrogen-bond donors (Lipinski definition) is 1. The molecule has 1 nitrogen and oxygen atoms in total. The highest BCUT2D eigenvalue weighted by molar-refractivity contribution is 4.87. The third kappa shape index (κ3) is 4.99. The van der Waals surface area contributed by atoms with Crippen LogP contribution in [0.4, 0.5) is 0 Å². The molecule has 1 N–H and O–H groups in total. The minimum Gasteiger partial charge on any atom is -0.316 e. The Hall–Kier alpha value is -0.0400. The van der Waals surface area contributed by atoms with Crippen molar-refractivity contribution in [2.24, 2.45) is 29.1 Å². The first kappa shape index (κ1) is 15.0. The lowest BCUT2D eigenvalue weighted by Crippen LogP contribution is -2.39. The van der Waals surface area contributed by atoms with E-state index < -0.39 is 0 Å². The van der Waals surface area contributed by atoms with Crippen LogP contribution >= 0.6 is 0 Å². The standard InChI is InChI=1S/C16H33N/c1-12(2)10-17-11-14-8-7-13(3)9-15(14)16(4,5)6/h12-15,17H,7-11H2,1-6H3. The molecular formula is C16H33N. The maximum absolute atomic E-state index is 3.67. The molecule has 0 amide bonds. The SMILES string of the molecule is CC(C)CNCC1CCC(C)CC1C(C)(C)C. The quantitative estimate of drug-likeness (QED) is 0.770. The lowest BCUT2D eigenvalue weighted by molar-refractivity contribution is 0.0802. The van der Waals surface area contributed by atoms with E-state index in [1.165, 1.54) is 32.4 Å². The lowest BCUT2D eigenvalue weighted by Gasteiger charge is -2.43. The maximum Gasteiger partial charge on any atom is -0.00176 e. The van der Waals surface area contributed by atoms with Gasteiger partial charge in [0.05, 0.1) is 0 Å². The van der Waals surface area contributed by atoms with E-state index in [1.807, 2.05) is 0 Å². The van der Waals surface area contributed by atoms with Gasteiger partial charge in [-0.3, -0.25) is 0 Å². The van der Waals surface area contributed by atoms with Crippen LogP contribution < -0.4 is 5.32 Å². The summed E-state index contributed by atoms with van der Waals surface area (Å²) in [6.45, 7) is 16.7. The third-order valence-electron chi connectivity index (χ3n) is 4.33. The minimum atomic E-state index is 0.471. The highest BCUT2D eigenvalue weighted by atomic mass is 14.9. The molecule has 1 fully saturated rings. The molecule has 1 heteroatoms. The van der Waals surface area contributed by atoms with Crippen molar-refractivity contribution in [2.75, 3.05) is 13.1 Å². The first-order chi connectivity index (χ1) is 7.80. The second-order valence-corrected chi connectivity index (χ2v) is 7.70. The fourth-order valence-electron chi connectivity index (χ4n) is 3.31. The molecule has 0 aromatic heterocycles. The van der Waals surface area contributed by atoms with Crippen molar-refractivity contribution in [3.8, 4) is 0 Å². The Kier molecular flexibility index (Phi) is 5.50. The largest absolute Gasteiger partial charge is 0.316 e. The van der Waals surface area contributed by atoms with Crippen molar-refractivity contribution in [1.82, 2.24) is 5.32 Å². The van der Waals surface area contributed by atoms with Crippen molar-refractivity contribution in [3.63, 3.8) is 0 Å². The molecule has 1 aliphatic carbocycles. The molecule has 3 unspecified atom stereocenters. The van der Waals surface area contributed by atoms with E-state index >= 15 is 0 Å². The van der Waals surface area contributed by atoms with Gasteiger partial charge in [-0.2, -0.15) is 0 Å². The molecule has 0 saturated heterocycles. The zero-order chi connectivity index (χ0) is 13.1. The van der Waals surface area contributed by atoms with Gasteiger partial charge >= 0.3 is 0 Å². The van der Waals surface area contributed by atoms with Gasteiger partial charge < -0.3 is 5.32 Å². The second kappa shape index (κ2) is 6.22. The van der Waals surface area contributed by atoms with Gasteiger partial charge in [0.2, 0.25) is 0 Å². The first-order valence-corrected chi connectivity index (χ1v) is 7.51. The molecule has 0 aliphatic heterocycles. The number of nitrogens with one attached hydrogen (secondary N) is 1. The van der Waals surface area contributed by atoms with Crippen molar-refractivity contribution >= 4 is 0 Å². The maximum atomic E-state index is 3.67. The average Bonchev–Trinajstić information content (AvgIpc) is 2.18. The molecule has 0 heterocycles. The Balaban J connectivity index is 2.49. The summed E-state index contributed by atoms with van der Waals surface area (Å²) in [4.78, 5) is 0. The Morgan fingerprint density at radius 3 is 2.35 bits per heavy atom. The normalized spacial score (nSPS) is 30.9. The Labute approximate surface area is 109 Å². The van der Waals surface area contributed by atoms with Crippen molar-refractivity contribution in [3.05, 3.63) is 0 Å². The van der Waals surface area contributed by atoms with Crippen LogP contribution in [0.1, 0.15) is 60.8 Å². The van der Waals surface area contributed by atoms with Gasteiger partial charge in [0.15, 0.2) is 0 Å². The van der Waals surface area contributed by atoms with Crippen molar-refractivity contribution < 1.29 is 0 Å². The van der Waals surface area contributed by atoms with Gasteiger partial charge in [-0.1, -0.05) is 48.0 Å². The Bertz CT molecular complexity index is 214. The predicted octanol–water partition coefficient (Wildman–Crippen LogP) is 4.33. The van der Waals surface area contributed by atoms with E-state index in [1.54, 1.807) is 0 Å². The second-order valence-electron chi connectivity index (χ2n) is 7.70. The van der Waals surface area contributed by atoms with Gasteiger partial charge in [0, 0.05) is 0 Å². The van der Waals surface area contributed by atoms with Crippen molar-refractivity contribution in [2.45, 2.75) is 60.8 Å². The van der Waals surface area contributed by atoms with E-state index in [4.69, 9.17) is 0 Å². The van der Waals surface area contributed by atoms with Crippen LogP contribution in [0.15, 0.2) is 0 Å². The summed E-state index contributed by atoms with van der Waals surface area (Å²) in [5.74, 6) is 3.49. The van der Waals surface area contributed by atoms with Gasteiger partial charge in [0.1, 0.15) is 0 Å². The van der Waals surface area contributed by atoms with E-state index in [0.717, 1.165) is 23.7 Å². The lowest BCUT2D eigenvalue weighted by atomic mass is 9.64. The number of hydrogen-bond acceptors (Lipinski definition) is 1. The monoisotopic (exact) mass is 239 g/mol. The molecule has 0 aromatic carbocycles. The van der Waals surface area contributed by atoms with Crippen LogP contribution in [0.3, 0.4) is 0 Å². The van der Waals surface area contributed by atoms with Crippen LogP contribution in [0.25, 0.3) is 0 Å². The average molecular weight is 239 g/mol. The summed E-state index contributed by atoms with van der Waals surface area (Å²) < 4.78 is 0. The van der Waals surface area contributed by atoms with Crippen LogP contribution in [0, 0.1) is 29.1 Å². The van der Waals surface area contributed by atoms with Crippen molar-refractivity contribution in [1.29, 1.82) is 0 Å². The summed E-state index contributed by atoms with van der Waals surface area (Å²) in [7, 11) is 0. The molecule has 0 aromatic rings. The highest BCUT2D eigenvalue weighted by Crippen LogP contribution is 2.43. The molecular weight excluding hydrogens is 206 g/mol. The summed E-state index contributed by atoms with van der Waals surface area (Å²) in [6.07, 6.45) is 4.28. The van der Waals surface area contributed by atoms with Crippen LogP contribution in [-0.4, -0.2) is 13.1 Å². The van der Waals surface area contributed by atoms with E-state index in [0.29, 0.717) is 5.41 Å². The molecule has 0 radical (unpaired) electrons. The molecule has 0 spiro atoms. The third-order valence-corrected chi connectivity index (χ3v) is 4.33. The number of rotatable bonds is 4. The van der Waals surface area contributed by atoms with Crippen LogP contribution in [0.2, 0.25) is 0 Å². The minimum absolute atomic E-state index is 0.471. The fraction of sp³-hybridized carbons (Fsp3) is 1.00. The van der Waals surface area contributed by atoms with E-state index in [9.17, 15) is 0 Å². The predicted molar refractivity (Wildman–Crippen MR) is 77.2 cm³/mol. The molecule has 1 rings (SSSR count). The molecule has 1 saturated carbocycles. The zero-order valence-electron chi connectivity index (χ0n) is 12.8. The topological polar surface area (TPSA) is 12.0 Å². The van der Waals surface area contributed by atoms with Gasteiger partial charge in [-0.05, 0) is 55.0 Å². The smallest absolute Gasteiger partial charge is 0.00176 e. The summed E-state index contributed by atoms with van der Waals surface area (Å²) >= 11 is 0. The molecule has 3 atom stereocenters.